The summed E-state index contributed by atoms with van der Waals surface area (Å²) in [6.45, 7) is 1.75. The highest BCUT2D eigenvalue weighted by atomic mass is 16.5. The minimum Gasteiger partial charge on any atom is -0.368 e. The minimum absolute atomic E-state index is 0.403. The molecule has 108 valence electrons. The molecule has 2 aromatic heterocycles. The Balaban J connectivity index is 1.78. The topological polar surface area (TPSA) is 87.1 Å². The van der Waals surface area contributed by atoms with Crippen LogP contribution in [0.25, 0.3) is 0 Å². The monoisotopic (exact) mass is 278 g/mol. The Morgan fingerprint density at radius 3 is 2.40 bits per heavy atom. The second-order valence-corrected chi connectivity index (χ2v) is 5.18. The smallest absolute Gasteiger partial charge is 0.258 e. The zero-order chi connectivity index (χ0) is 14.0. The van der Waals surface area contributed by atoms with E-state index in [1.807, 2.05) is 0 Å². The van der Waals surface area contributed by atoms with Crippen molar-refractivity contribution < 1.29 is 13.8 Å². The van der Waals surface area contributed by atoms with Crippen LogP contribution in [-0.4, -0.2) is 27.4 Å². The van der Waals surface area contributed by atoms with E-state index in [9.17, 15) is 0 Å². The molecule has 0 N–H and O–H groups in total. The molecule has 7 nitrogen and oxygen atoms in total. The predicted molar refractivity (Wildman–Crippen MR) is 67.9 cm³/mol. The standard InChI is InChI=1S/C13H18N4O3/c1-9-14-10(16-19-9)8-11-15-12(20-17-11)13(18-2)6-4-3-5-7-13/h3-8H2,1-2H3. The molecule has 2 heterocycles. The predicted octanol–water partition coefficient (Wildman–Crippen LogP) is 2.16. The zero-order valence-electron chi connectivity index (χ0n) is 11.8. The van der Waals surface area contributed by atoms with Crippen molar-refractivity contribution >= 4 is 0 Å². The van der Waals surface area contributed by atoms with Gasteiger partial charge in [-0.1, -0.05) is 29.6 Å². The maximum atomic E-state index is 5.69. The molecule has 1 saturated carbocycles. The van der Waals surface area contributed by atoms with E-state index < -0.39 is 5.60 Å². The van der Waals surface area contributed by atoms with Crippen LogP contribution in [-0.2, 0) is 16.8 Å². The summed E-state index contributed by atoms with van der Waals surface area (Å²) in [5.74, 6) is 2.21. The molecule has 1 fully saturated rings. The van der Waals surface area contributed by atoms with E-state index in [0.717, 1.165) is 25.7 Å². The SMILES string of the molecule is COC1(c2nc(Cc3noc(C)n3)no2)CCCCC1. The van der Waals surface area contributed by atoms with E-state index in [2.05, 4.69) is 20.3 Å². The Bertz CT molecular complexity index is 572. The molecule has 0 bridgehead atoms. The lowest BCUT2D eigenvalue weighted by molar-refractivity contribution is -0.0672. The summed E-state index contributed by atoms with van der Waals surface area (Å²) in [5.41, 5.74) is -0.420. The first-order valence-corrected chi connectivity index (χ1v) is 6.89. The molecule has 0 amide bonds. The van der Waals surface area contributed by atoms with Gasteiger partial charge in [0.25, 0.3) is 5.89 Å². The Hall–Kier alpha value is -1.76. The van der Waals surface area contributed by atoms with Crippen LogP contribution >= 0.6 is 0 Å². The maximum Gasteiger partial charge on any atom is 0.258 e. The van der Waals surface area contributed by atoms with Crippen molar-refractivity contribution in [2.24, 2.45) is 0 Å². The number of aryl methyl sites for hydroxylation is 1. The van der Waals surface area contributed by atoms with E-state index in [1.54, 1.807) is 14.0 Å². The molecule has 1 aliphatic rings. The van der Waals surface area contributed by atoms with Crippen LogP contribution in [0, 0.1) is 6.92 Å². The molecule has 7 heteroatoms. The van der Waals surface area contributed by atoms with Crippen molar-refractivity contribution in [2.45, 2.75) is 51.0 Å². The Labute approximate surface area is 116 Å². The summed E-state index contributed by atoms with van der Waals surface area (Å²) in [5, 5.41) is 7.83. The maximum absolute atomic E-state index is 5.69. The molecule has 0 spiro atoms. The molecule has 0 aromatic carbocycles. The highest BCUT2D eigenvalue weighted by molar-refractivity contribution is 5.04. The molecule has 20 heavy (non-hydrogen) atoms. The zero-order valence-corrected chi connectivity index (χ0v) is 11.8. The van der Waals surface area contributed by atoms with Gasteiger partial charge in [0.1, 0.15) is 5.60 Å². The summed E-state index contributed by atoms with van der Waals surface area (Å²) in [6.07, 6.45) is 5.72. The van der Waals surface area contributed by atoms with Gasteiger partial charge in [0.15, 0.2) is 11.6 Å². The quantitative estimate of drug-likeness (QED) is 0.846. The Morgan fingerprint density at radius 2 is 1.75 bits per heavy atom. The van der Waals surface area contributed by atoms with Crippen molar-refractivity contribution in [1.82, 2.24) is 20.3 Å². The van der Waals surface area contributed by atoms with Gasteiger partial charge in [-0.25, -0.2) is 0 Å². The lowest BCUT2D eigenvalue weighted by atomic mass is 9.84. The Morgan fingerprint density at radius 1 is 1.05 bits per heavy atom. The van der Waals surface area contributed by atoms with Gasteiger partial charge in [-0.05, 0) is 12.8 Å². The molecule has 0 aliphatic heterocycles. The van der Waals surface area contributed by atoms with Crippen LogP contribution in [0.3, 0.4) is 0 Å². The third-order valence-electron chi connectivity index (χ3n) is 3.80. The van der Waals surface area contributed by atoms with Gasteiger partial charge in [0.05, 0.1) is 6.42 Å². The van der Waals surface area contributed by atoms with Gasteiger partial charge in [0.2, 0.25) is 5.89 Å². The van der Waals surface area contributed by atoms with Crippen LogP contribution in [0.2, 0.25) is 0 Å². The summed E-state index contributed by atoms with van der Waals surface area (Å²) in [7, 11) is 1.71. The number of methoxy groups -OCH3 is 1. The van der Waals surface area contributed by atoms with Gasteiger partial charge < -0.3 is 13.8 Å². The molecule has 0 saturated heterocycles. The molecule has 1 aliphatic carbocycles. The average Bonchev–Trinajstić information content (AvgIpc) is 3.10. The van der Waals surface area contributed by atoms with Crippen LogP contribution in [0.5, 0.6) is 0 Å². The third-order valence-corrected chi connectivity index (χ3v) is 3.80. The van der Waals surface area contributed by atoms with Crippen molar-refractivity contribution in [3.63, 3.8) is 0 Å². The van der Waals surface area contributed by atoms with Crippen molar-refractivity contribution in [1.29, 1.82) is 0 Å². The van der Waals surface area contributed by atoms with Crippen molar-refractivity contribution in [3.8, 4) is 0 Å². The highest BCUT2D eigenvalue weighted by Gasteiger charge is 2.39. The molecule has 0 unspecified atom stereocenters. The lowest BCUT2D eigenvalue weighted by Gasteiger charge is -2.32. The van der Waals surface area contributed by atoms with E-state index >= 15 is 0 Å². The molecule has 0 atom stereocenters. The summed E-state index contributed by atoms with van der Waals surface area (Å²) in [4.78, 5) is 8.59. The van der Waals surface area contributed by atoms with Crippen LogP contribution < -0.4 is 0 Å². The van der Waals surface area contributed by atoms with E-state index in [4.69, 9.17) is 13.8 Å². The average molecular weight is 278 g/mol. The summed E-state index contributed by atoms with van der Waals surface area (Å²) >= 11 is 0. The number of hydrogen-bond donors (Lipinski definition) is 0. The van der Waals surface area contributed by atoms with E-state index in [0.29, 0.717) is 29.9 Å². The van der Waals surface area contributed by atoms with Gasteiger partial charge in [0, 0.05) is 14.0 Å². The molecular weight excluding hydrogens is 260 g/mol. The number of aromatic nitrogens is 4. The fraction of sp³-hybridized carbons (Fsp3) is 0.692. The van der Waals surface area contributed by atoms with E-state index in [-0.39, 0.29) is 0 Å². The summed E-state index contributed by atoms with van der Waals surface area (Å²) < 4.78 is 16.0. The third kappa shape index (κ3) is 2.45. The first-order chi connectivity index (χ1) is 9.72. The number of nitrogens with zero attached hydrogens (tertiary/aromatic N) is 4. The largest absolute Gasteiger partial charge is 0.368 e. The van der Waals surface area contributed by atoms with Gasteiger partial charge in [-0.15, -0.1) is 0 Å². The number of ether oxygens (including phenoxy) is 1. The normalized spacial score (nSPS) is 18.3. The highest BCUT2D eigenvalue weighted by Crippen LogP contribution is 2.39. The second-order valence-electron chi connectivity index (χ2n) is 5.18. The van der Waals surface area contributed by atoms with Gasteiger partial charge in [-0.2, -0.15) is 9.97 Å². The van der Waals surface area contributed by atoms with Gasteiger partial charge in [-0.3, -0.25) is 0 Å². The van der Waals surface area contributed by atoms with Crippen molar-refractivity contribution in [2.75, 3.05) is 7.11 Å². The fourth-order valence-corrected chi connectivity index (χ4v) is 2.69. The second kappa shape index (κ2) is 5.32. The lowest BCUT2D eigenvalue weighted by Crippen LogP contribution is -2.31. The van der Waals surface area contributed by atoms with Crippen molar-refractivity contribution in [3.05, 3.63) is 23.4 Å². The summed E-state index contributed by atoms with van der Waals surface area (Å²) in [6, 6.07) is 0. The molecule has 3 rings (SSSR count). The fourth-order valence-electron chi connectivity index (χ4n) is 2.69. The first-order valence-electron chi connectivity index (χ1n) is 6.89. The van der Waals surface area contributed by atoms with Gasteiger partial charge >= 0.3 is 0 Å². The van der Waals surface area contributed by atoms with Crippen LogP contribution in [0.4, 0.5) is 0 Å². The molecular formula is C13H18N4O3. The van der Waals surface area contributed by atoms with Crippen LogP contribution in [0.15, 0.2) is 9.05 Å². The molecule has 0 radical (unpaired) electrons. The number of hydrogen-bond acceptors (Lipinski definition) is 7. The van der Waals surface area contributed by atoms with Crippen LogP contribution in [0.1, 0.15) is 55.5 Å². The number of rotatable bonds is 4. The minimum atomic E-state index is -0.420. The first kappa shape index (κ1) is 13.2. The van der Waals surface area contributed by atoms with E-state index in [1.165, 1.54) is 6.42 Å². The Kier molecular flexibility index (Phi) is 3.52. The molecule has 2 aromatic rings.